The second kappa shape index (κ2) is 4.75. The van der Waals surface area contributed by atoms with Gasteiger partial charge in [0, 0.05) is 5.46 Å². The second-order valence-electron chi connectivity index (χ2n) is 3.03. The average molecular weight is 234 g/mol. The van der Waals surface area contributed by atoms with Gasteiger partial charge in [0.05, 0.1) is 12.2 Å². The summed E-state index contributed by atoms with van der Waals surface area (Å²) in [4.78, 5) is 0. The van der Waals surface area contributed by atoms with Gasteiger partial charge in [-0.2, -0.15) is 13.2 Å². The molecule has 0 atom stereocenters. The topological polar surface area (TPSA) is 49.7 Å². The SMILES string of the molecule is CCOc1c(B(O)O)cccc1C(F)(F)F. The molecule has 0 fully saturated rings. The zero-order valence-electron chi connectivity index (χ0n) is 8.45. The molecule has 0 radical (unpaired) electrons. The van der Waals surface area contributed by atoms with Crippen molar-refractivity contribution in [3.63, 3.8) is 0 Å². The Bertz CT molecular complexity index is 366. The molecule has 0 aliphatic heterocycles. The fourth-order valence-corrected chi connectivity index (χ4v) is 1.29. The number of hydrogen-bond acceptors (Lipinski definition) is 3. The summed E-state index contributed by atoms with van der Waals surface area (Å²) >= 11 is 0. The molecule has 0 amide bonds. The molecule has 16 heavy (non-hydrogen) atoms. The van der Waals surface area contributed by atoms with Crippen LogP contribution in [0.5, 0.6) is 5.75 Å². The van der Waals surface area contributed by atoms with E-state index in [1.54, 1.807) is 0 Å². The molecule has 1 aromatic rings. The molecule has 7 heteroatoms. The number of alkyl halides is 3. The van der Waals surface area contributed by atoms with Crippen LogP contribution < -0.4 is 10.2 Å². The molecule has 0 bridgehead atoms. The van der Waals surface area contributed by atoms with Crippen molar-refractivity contribution in [2.75, 3.05) is 6.61 Å². The third-order valence-corrected chi connectivity index (χ3v) is 1.92. The van der Waals surface area contributed by atoms with Crippen molar-refractivity contribution in [2.45, 2.75) is 13.1 Å². The number of benzene rings is 1. The fourth-order valence-electron chi connectivity index (χ4n) is 1.29. The molecule has 0 aromatic heterocycles. The molecule has 0 heterocycles. The van der Waals surface area contributed by atoms with Gasteiger partial charge in [-0.1, -0.05) is 12.1 Å². The lowest BCUT2D eigenvalue weighted by atomic mass is 9.78. The Morgan fingerprint density at radius 3 is 2.38 bits per heavy atom. The van der Waals surface area contributed by atoms with Crippen LogP contribution in [-0.4, -0.2) is 23.8 Å². The maximum atomic E-state index is 12.6. The van der Waals surface area contributed by atoms with Gasteiger partial charge in [0.2, 0.25) is 0 Å². The van der Waals surface area contributed by atoms with E-state index in [4.69, 9.17) is 14.8 Å². The number of hydrogen-bond donors (Lipinski definition) is 2. The second-order valence-corrected chi connectivity index (χ2v) is 3.03. The van der Waals surface area contributed by atoms with Gasteiger partial charge in [-0.15, -0.1) is 0 Å². The van der Waals surface area contributed by atoms with Crippen LogP contribution in [0.2, 0.25) is 0 Å². The first-order valence-electron chi connectivity index (χ1n) is 4.57. The number of halogens is 3. The van der Waals surface area contributed by atoms with E-state index in [1.807, 2.05) is 0 Å². The summed E-state index contributed by atoms with van der Waals surface area (Å²) < 4.78 is 42.5. The molecule has 0 unspecified atom stereocenters. The third kappa shape index (κ3) is 2.68. The number of rotatable bonds is 3. The maximum absolute atomic E-state index is 12.6. The molecule has 0 saturated heterocycles. The van der Waals surface area contributed by atoms with Crippen LogP contribution in [0.3, 0.4) is 0 Å². The summed E-state index contributed by atoms with van der Waals surface area (Å²) in [7, 11) is -2.00. The average Bonchev–Trinajstić information content (AvgIpc) is 2.16. The summed E-state index contributed by atoms with van der Waals surface area (Å²) in [6, 6.07) is 3.10. The first-order valence-corrected chi connectivity index (χ1v) is 4.57. The van der Waals surface area contributed by atoms with E-state index in [0.29, 0.717) is 0 Å². The van der Waals surface area contributed by atoms with Crippen LogP contribution in [0.1, 0.15) is 12.5 Å². The summed E-state index contributed by atoms with van der Waals surface area (Å²) in [6.45, 7) is 1.52. The number of ether oxygens (including phenoxy) is 1. The predicted octanol–water partition coefficient (Wildman–Crippen LogP) is 0.784. The quantitative estimate of drug-likeness (QED) is 0.760. The molecule has 0 saturated carbocycles. The van der Waals surface area contributed by atoms with Crippen molar-refractivity contribution >= 4 is 12.6 Å². The first kappa shape index (κ1) is 12.9. The van der Waals surface area contributed by atoms with Crippen molar-refractivity contribution in [1.82, 2.24) is 0 Å². The molecule has 88 valence electrons. The Hall–Kier alpha value is -1.21. The highest BCUT2D eigenvalue weighted by molar-refractivity contribution is 6.59. The van der Waals surface area contributed by atoms with Crippen molar-refractivity contribution in [3.05, 3.63) is 23.8 Å². The lowest BCUT2D eigenvalue weighted by Crippen LogP contribution is -2.33. The van der Waals surface area contributed by atoms with Crippen molar-refractivity contribution in [3.8, 4) is 5.75 Å². The van der Waals surface area contributed by atoms with Gasteiger partial charge in [0.25, 0.3) is 0 Å². The van der Waals surface area contributed by atoms with E-state index in [1.165, 1.54) is 13.0 Å². The van der Waals surface area contributed by atoms with Crippen molar-refractivity contribution in [2.24, 2.45) is 0 Å². The predicted molar refractivity (Wildman–Crippen MR) is 52.4 cm³/mol. The fraction of sp³-hybridized carbons (Fsp3) is 0.333. The molecule has 0 aliphatic rings. The normalized spacial score (nSPS) is 11.4. The highest BCUT2D eigenvalue weighted by Gasteiger charge is 2.36. The summed E-state index contributed by atoms with van der Waals surface area (Å²) in [5, 5.41) is 17.9. The lowest BCUT2D eigenvalue weighted by molar-refractivity contribution is -0.138. The van der Waals surface area contributed by atoms with Gasteiger partial charge in [-0.25, -0.2) is 0 Å². The van der Waals surface area contributed by atoms with E-state index in [9.17, 15) is 13.2 Å². The minimum atomic E-state index is -4.59. The van der Waals surface area contributed by atoms with Crippen LogP contribution in [0.15, 0.2) is 18.2 Å². The standard InChI is InChI=1S/C9H10BF3O3/c1-2-16-8-6(9(11,12)13)4-3-5-7(8)10(14)15/h3-5,14-15H,2H2,1H3. The molecular weight excluding hydrogens is 224 g/mol. The monoisotopic (exact) mass is 234 g/mol. The number of para-hydroxylation sites is 1. The molecule has 3 nitrogen and oxygen atoms in total. The van der Waals surface area contributed by atoms with Crippen LogP contribution in [0.4, 0.5) is 13.2 Å². The van der Waals surface area contributed by atoms with E-state index >= 15 is 0 Å². The Balaban J connectivity index is 3.32. The zero-order chi connectivity index (χ0) is 12.3. The minimum absolute atomic E-state index is 0.00676. The van der Waals surface area contributed by atoms with Crippen LogP contribution in [0, 0.1) is 0 Å². The molecule has 0 spiro atoms. The van der Waals surface area contributed by atoms with Gasteiger partial charge >= 0.3 is 13.3 Å². The van der Waals surface area contributed by atoms with Crippen LogP contribution in [-0.2, 0) is 6.18 Å². The molecule has 1 rings (SSSR count). The Labute approximate surface area is 90.6 Å². The van der Waals surface area contributed by atoms with Crippen LogP contribution >= 0.6 is 0 Å². The highest BCUT2D eigenvalue weighted by atomic mass is 19.4. The Kier molecular flexibility index (Phi) is 3.82. The highest BCUT2D eigenvalue weighted by Crippen LogP contribution is 2.35. The largest absolute Gasteiger partial charge is 0.494 e. The minimum Gasteiger partial charge on any atom is -0.494 e. The van der Waals surface area contributed by atoms with E-state index in [-0.39, 0.29) is 12.1 Å². The zero-order valence-corrected chi connectivity index (χ0v) is 8.45. The molecule has 1 aromatic carbocycles. The first-order chi connectivity index (χ1) is 7.38. The molecular formula is C9H10BF3O3. The molecule has 0 aliphatic carbocycles. The lowest BCUT2D eigenvalue weighted by Gasteiger charge is -2.16. The van der Waals surface area contributed by atoms with Gasteiger partial charge in [0.1, 0.15) is 5.75 Å². The Morgan fingerprint density at radius 1 is 1.31 bits per heavy atom. The summed E-state index contributed by atoms with van der Waals surface area (Å²) in [6.07, 6.45) is -4.59. The van der Waals surface area contributed by atoms with E-state index in [0.717, 1.165) is 12.1 Å². The van der Waals surface area contributed by atoms with E-state index < -0.39 is 24.6 Å². The van der Waals surface area contributed by atoms with Crippen molar-refractivity contribution in [1.29, 1.82) is 0 Å². The van der Waals surface area contributed by atoms with Gasteiger partial charge in [-0.05, 0) is 13.0 Å². The van der Waals surface area contributed by atoms with Crippen molar-refractivity contribution < 1.29 is 28.0 Å². The molecule has 2 N–H and O–H groups in total. The van der Waals surface area contributed by atoms with Gasteiger partial charge < -0.3 is 14.8 Å². The van der Waals surface area contributed by atoms with Crippen LogP contribution in [0.25, 0.3) is 0 Å². The van der Waals surface area contributed by atoms with Gasteiger partial charge in [0.15, 0.2) is 0 Å². The van der Waals surface area contributed by atoms with Gasteiger partial charge in [-0.3, -0.25) is 0 Å². The maximum Gasteiger partial charge on any atom is 0.492 e. The third-order valence-electron chi connectivity index (χ3n) is 1.92. The summed E-state index contributed by atoms with van der Waals surface area (Å²) in [5.74, 6) is -0.535. The smallest absolute Gasteiger partial charge is 0.492 e. The van der Waals surface area contributed by atoms with E-state index in [2.05, 4.69) is 0 Å². The Morgan fingerprint density at radius 2 is 1.94 bits per heavy atom. The summed E-state index contributed by atoms with van der Waals surface area (Å²) in [5.41, 5.74) is -1.31.